The van der Waals surface area contributed by atoms with E-state index in [1.165, 1.54) is 0 Å². The van der Waals surface area contributed by atoms with Crippen LogP contribution in [0.4, 0.5) is 11.4 Å². The maximum Gasteiger partial charge on any atom is 0.253 e. The topological polar surface area (TPSA) is 99.6 Å². The van der Waals surface area contributed by atoms with Gasteiger partial charge < -0.3 is 29.3 Å². The first-order valence-electron chi connectivity index (χ1n) is 17.8. The number of aliphatic hydroxyl groups excluding tert-OH is 1. The summed E-state index contributed by atoms with van der Waals surface area (Å²) in [7, 11) is 0. The average Bonchev–Trinajstić information content (AvgIpc) is 3.70. The van der Waals surface area contributed by atoms with Crippen LogP contribution in [0.5, 0.6) is 5.75 Å². The van der Waals surface area contributed by atoms with Gasteiger partial charge in [0, 0.05) is 24.5 Å². The van der Waals surface area contributed by atoms with E-state index in [2.05, 4.69) is 13.2 Å². The fourth-order valence-corrected chi connectivity index (χ4v) is 8.79. The van der Waals surface area contributed by atoms with Crippen molar-refractivity contribution >= 4 is 29.1 Å². The third kappa shape index (κ3) is 5.88. The lowest BCUT2D eigenvalue weighted by Gasteiger charge is -2.41. The standard InChI is InChI=1S/C40H53N3O6/c1-9-23-41(29-17-19-30(20-18-29)48-13-5)36(45)32-33-37(46)43(31(25-44)26(6)11-3)35(40(33)22-21-39(32,12-4)49-40)38(47)42(24-10-2)34-27(7)15-14-16-28(34)8/h9-10,14-20,26,31-33,35,44H,1-2,11-13,21-25H2,3-8H3/t26-,31-,32+,33-,35?,39-,40?/m0/s1. The number of rotatable bonds is 15. The molecule has 3 aliphatic heterocycles. The number of para-hydroxylation sites is 1. The van der Waals surface area contributed by atoms with Gasteiger partial charge in [0.15, 0.2) is 0 Å². The first-order valence-corrected chi connectivity index (χ1v) is 17.8. The molecule has 2 bridgehead atoms. The quantitative estimate of drug-likeness (QED) is 0.233. The van der Waals surface area contributed by atoms with Crippen LogP contribution in [0.3, 0.4) is 0 Å². The van der Waals surface area contributed by atoms with Gasteiger partial charge in [0.1, 0.15) is 17.4 Å². The second kappa shape index (κ2) is 14.5. The number of hydrogen-bond acceptors (Lipinski definition) is 6. The molecule has 264 valence electrons. The van der Waals surface area contributed by atoms with Crippen molar-refractivity contribution in [1.82, 2.24) is 4.90 Å². The number of aliphatic hydroxyl groups is 1. The molecule has 9 heteroatoms. The molecular formula is C40H53N3O6. The number of fused-ring (bicyclic) bond motifs is 1. The smallest absolute Gasteiger partial charge is 0.253 e. The second-order valence-corrected chi connectivity index (χ2v) is 13.9. The van der Waals surface area contributed by atoms with Gasteiger partial charge >= 0.3 is 0 Å². The van der Waals surface area contributed by atoms with Crippen molar-refractivity contribution in [3.8, 4) is 5.75 Å². The zero-order valence-corrected chi connectivity index (χ0v) is 30.0. The number of nitrogens with zero attached hydrogens (tertiary/aromatic N) is 3. The van der Waals surface area contributed by atoms with Gasteiger partial charge in [-0.05, 0) is 81.3 Å². The van der Waals surface area contributed by atoms with Crippen LogP contribution < -0.4 is 14.5 Å². The van der Waals surface area contributed by atoms with E-state index in [0.717, 1.165) is 16.8 Å². The van der Waals surface area contributed by atoms with Gasteiger partial charge in [0.05, 0.1) is 36.7 Å². The van der Waals surface area contributed by atoms with E-state index in [4.69, 9.17) is 9.47 Å². The summed E-state index contributed by atoms with van der Waals surface area (Å²) < 4.78 is 12.8. The molecule has 0 radical (unpaired) electrons. The van der Waals surface area contributed by atoms with Crippen LogP contribution in [-0.4, -0.2) is 77.3 Å². The number of aryl methyl sites for hydroxylation is 2. The molecule has 2 unspecified atom stereocenters. The number of likely N-dealkylation sites (tertiary alicyclic amines) is 1. The molecule has 2 aromatic rings. The highest BCUT2D eigenvalue weighted by atomic mass is 16.5. The molecule has 3 saturated heterocycles. The lowest BCUT2D eigenvalue weighted by atomic mass is 9.64. The molecule has 3 fully saturated rings. The number of ether oxygens (including phenoxy) is 2. The lowest BCUT2D eigenvalue weighted by molar-refractivity contribution is -0.150. The fourth-order valence-electron chi connectivity index (χ4n) is 8.79. The van der Waals surface area contributed by atoms with E-state index >= 15 is 9.59 Å². The number of anilines is 2. The van der Waals surface area contributed by atoms with Crippen molar-refractivity contribution in [3.05, 3.63) is 78.9 Å². The number of benzene rings is 2. The van der Waals surface area contributed by atoms with Crippen molar-refractivity contribution in [2.24, 2.45) is 17.8 Å². The van der Waals surface area contributed by atoms with E-state index < -0.39 is 35.1 Å². The molecule has 7 atom stereocenters. The van der Waals surface area contributed by atoms with E-state index in [0.29, 0.717) is 43.7 Å². The second-order valence-electron chi connectivity index (χ2n) is 13.9. The summed E-state index contributed by atoms with van der Waals surface area (Å²) in [4.78, 5) is 50.3. The summed E-state index contributed by atoms with van der Waals surface area (Å²) in [6.45, 7) is 20.4. The van der Waals surface area contributed by atoms with E-state index in [-0.39, 0.29) is 43.3 Å². The maximum atomic E-state index is 15.3. The van der Waals surface area contributed by atoms with E-state index in [1.54, 1.807) is 26.9 Å². The SMILES string of the molecule is C=CCN(C(=O)[C@H]1[C@H]2C(=O)N([C@@H](CO)[C@@H](C)CC)C(C(=O)N(CC=C)c3c(C)cccc3C)C23CC[C@]1(CC)O3)c1ccc(OCC)cc1. The Balaban J connectivity index is 1.67. The van der Waals surface area contributed by atoms with Crippen molar-refractivity contribution in [2.45, 2.75) is 90.5 Å². The molecule has 0 saturated carbocycles. The van der Waals surface area contributed by atoms with Gasteiger partial charge in [-0.2, -0.15) is 0 Å². The summed E-state index contributed by atoms with van der Waals surface area (Å²) in [6, 6.07) is 11.5. The van der Waals surface area contributed by atoms with E-state index in [9.17, 15) is 9.90 Å². The molecular weight excluding hydrogens is 618 g/mol. The van der Waals surface area contributed by atoms with Crippen LogP contribution >= 0.6 is 0 Å². The number of amides is 3. The van der Waals surface area contributed by atoms with Crippen LogP contribution in [0.1, 0.15) is 64.5 Å². The minimum atomic E-state index is -1.25. The Morgan fingerprint density at radius 1 is 1.02 bits per heavy atom. The highest BCUT2D eigenvalue weighted by molar-refractivity contribution is 6.07. The predicted molar refractivity (Wildman–Crippen MR) is 193 cm³/mol. The Morgan fingerprint density at radius 2 is 1.65 bits per heavy atom. The molecule has 0 aromatic heterocycles. The first kappa shape index (κ1) is 36.3. The monoisotopic (exact) mass is 671 g/mol. The third-order valence-corrected chi connectivity index (χ3v) is 11.3. The predicted octanol–water partition coefficient (Wildman–Crippen LogP) is 6.00. The Labute approximate surface area is 291 Å². The Bertz CT molecular complexity index is 1550. The molecule has 3 amide bonds. The van der Waals surface area contributed by atoms with Crippen molar-refractivity contribution in [2.75, 3.05) is 36.1 Å². The van der Waals surface area contributed by atoms with Crippen LogP contribution in [0.2, 0.25) is 0 Å². The molecule has 1 spiro atoms. The zero-order valence-electron chi connectivity index (χ0n) is 30.0. The van der Waals surface area contributed by atoms with Gasteiger partial charge in [0.25, 0.3) is 5.91 Å². The van der Waals surface area contributed by atoms with Crippen molar-refractivity contribution < 1.29 is 29.0 Å². The molecule has 1 N–H and O–H groups in total. The van der Waals surface area contributed by atoms with Gasteiger partial charge in [-0.25, -0.2) is 0 Å². The van der Waals surface area contributed by atoms with Crippen LogP contribution in [0.25, 0.3) is 0 Å². The summed E-state index contributed by atoms with van der Waals surface area (Å²) in [5, 5.41) is 10.8. The average molecular weight is 672 g/mol. The lowest BCUT2D eigenvalue weighted by Crippen LogP contribution is -2.60. The van der Waals surface area contributed by atoms with Crippen LogP contribution in [0.15, 0.2) is 67.8 Å². The highest BCUT2D eigenvalue weighted by Gasteiger charge is 2.79. The Hall–Kier alpha value is -3.95. The largest absolute Gasteiger partial charge is 0.494 e. The number of carbonyl (C=O) groups excluding carboxylic acids is 3. The summed E-state index contributed by atoms with van der Waals surface area (Å²) in [5.74, 6) is -1.99. The van der Waals surface area contributed by atoms with Crippen LogP contribution in [-0.2, 0) is 19.1 Å². The number of carbonyl (C=O) groups is 3. The van der Waals surface area contributed by atoms with Crippen molar-refractivity contribution in [3.63, 3.8) is 0 Å². The number of hydrogen-bond donors (Lipinski definition) is 1. The van der Waals surface area contributed by atoms with Gasteiger partial charge in [-0.15, -0.1) is 13.2 Å². The molecule has 49 heavy (non-hydrogen) atoms. The maximum absolute atomic E-state index is 15.3. The van der Waals surface area contributed by atoms with Gasteiger partial charge in [-0.3, -0.25) is 14.4 Å². The van der Waals surface area contributed by atoms with Gasteiger partial charge in [0.2, 0.25) is 11.8 Å². The Morgan fingerprint density at radius 3 is 2.20 bits per heavy atom. The zero-order chi connectivity index (χ0) is 35.7. The molecule has 3 heterocycles. The molecule has 2 aromatic carbocycles. The normalized spacial score (nSPS) is 26.6. The van der Waals surface area contributed by atoms with Gasteiger partial charge in [-0.1, -0.05) is 57.5 Å². The fraction of sp³-hybridized carbons (Fsp3) is 0.525. The summed E-state index contributed by atoms with van der Waals surface area (Å²) >= 11 is 0. The third-order valence-electron chi connectivity index (χ3n) is 11.3. The minimum absolute atomic E-state index is 0.111. The van der Waals surface area contributed by atoms with Crippen LogP contribution in [0, 0.1) is 31.6 Å². The summed E-state index contributed by atoms with van der Waals surface area (Å²) in [6.07, 6.45) is 5.54. The molecule has 5 rings (SSSR count). The molecule has 0 aliphatic carbocycles. The molecule has 9 nitrogen and oxygen atoms in total. The summed E-state index contributed by atoms with van der Waals surface area (Å²) in [5.41, 5.74) is 1.09. The highest BCUT2D eigenvalue weighted by Crippen LogP contribution is 2.65. The minimum Gasteiger partial charge on any atom is -0.494 e. The van der Waals surface area contributed by atoms with Crippen molar-refractivity contribution in [1.29, 1.82) is 0 Å². The Kier molecular flexibility index (Phi) is 10.7. The first-order chi connectivity index (χ1) is 23.5. The molecule has 3 aliphatic rings. The van der Waals surface area contributed by atoms with E-state index in [1.807, 2.05) is 84.0 Å².